The lowest BCUT2D eigenvalue weighted by molar-refractivity contribution is -0.127. The van der Waals surface area contributed by atoms with Gasteiger partial charge in [-0.05, 0) is 41.5 Å². The third kappa shape index (κ3) is 3.57. The Morgan fingerprint density at radius 3 is 2.81 bits per heavy atom. The number of aromatic nitrogens is 4. The van der Waals surface area contributed by atoms with Crippen molar-refractivity contribution < 1.29 is 14.4 Å². The van der Waals surface area contributed by atoms with Crippen molar-refractivity contribution in [2.75, 3.05) is 5.75 Å². The Morgan fingerprint density at radius 1 is 1.22 bits per heavy atom. The van der Waals surface area contributed by atoms with Crippen molar-refractivity contribution in [1.29, 1.82) is 0 Å². The van der Waals surface area contributed by atoms with E-state index < -0.39 is 0 Å². The van der Waals surface area contributed by atoms with Crippen molar-refractivity contribution in [1.82, 2.24) is 30.4 Å². The molecule has 1 N–H and O–H groups in total. The summed E-state index contributed by atoms with van der Waals surface area (Å²) in [5, 5.41) is 13.8. The lowest BCUT2D eigenvalue weighted by atomic mass is 9.89. The van der Waals surface area contributed by atoms with Crippen LogP contribution in [0.3, 0.4) is 0 Å². The van der Waals surface area contributed by atoms with Crippen LogP contribution in [0.15, 0.2) is 30.6 Å². The van der Waals surface area contributed by atoms with Gasteiger partial charge in [-0.2, -0.15) is 0 Å². The minimum atomic E-state index is -0.277. The smallest absolute Gasteiger partial charge is 0.289 e. The number of carbonyl (C=O) groups is 3. The summed E-state index contributed by atoms with van der Waals surface area (Å²) in [5.41, 5.74) is 1.15. The van der Waals surface area contributed by atoms with Crippen LogP contribution in [0, 0.1) is 0 Å². The van der Waals surface area contributed by atoms with Crippen LogP contribution >= 0.6 is 11.8 Å². The Morgan fingerprint density at radius 2 is 2.07 bits per heavy atom. The molecule has 1 aliphatic heterocycles. The summed E-state index contributed by atoms with van der Waals surface area (Å²) in [6, 6.07) is 6.45. The molecule has 2 aromatic rings. The quantitative estimate of drug-likeness (QED) is 0.845. The zero-order valence-electron chi connectivity index (χ0n) is 14.4. The number of nitrogens with zero attached hydrogens (tertiary/aromatic N) is 5. The van der Waals surface area contributed by atoms with E-state index in [-0.39, 0.29) is 34.9 Å². The van der Waals surface area contributed by atoms with Gasteiger partial charge in [-0.1, -0.05) is 30.7 Å². The zero-order valence-corrected chi connectivity index (χ0v) is 15.3. The second-order valence-electron chi connectivity index (χ2n) is 6.55. The number of hydrogen-bond acceptors (Lipinski definition) is 7. The highest BCUT2D eigenvalue weighted by Gasteiger charge is 2.41. The maximum Gasteiger partial charge on any atom is 0.289 e. The number of thioether (sulfide) groups is 1. The molecule has 2 fully saturated rings. The predicted octanol–water partition coefficient (Wildman–Crippen LogP) is 1.40. The van der Waals surface area contributed by atoms with Crippen molar-refractivity contribution >= 4 is 28.8 Å². The molecule has 4 rings (SSSR count). The average Bonchev–Trinajstić information content (AvgIpc) is 3.33. The van der Waals surface area contributed by atoms with E-state index in [9.17, 15) is 14.4 Å². The number of rotatable bonds is 4. The number of imide groups is 1. The monoisotopic (exact) mass is 386 g/mol. The minimum absolute atomic E-state index is 0.170. The lowest BCUT2D eigenvalue weighted by Crippen LogP contribution is -2.54. The fourth-order valence-electron chi connectivity index (χ4n) is 3.59. The van der Waals surface area contributed by atoms with Crippen LogP contribution in [0.25, 0.3) is 5.69 Å². The fourth-order valence-corrected chi connectivity index (χ4v) is 4.36. The molecule has 1 saturated carbocycles. The van der Waals surface area contributed by atoms with Crippen LogP contribution in [-0.4, -0.2) is 60.0 Å². The molecule has 2 atom stereocenters. The summed E-state index contributed by atoms with van der Waals surface area (Å²) in [6.07, 6.45) is 4.80. The molecule has 1 aliphatic carbocycles. The Labute approximate surface area is 159 Å². The zero-order chi connectivity index (χ0) is 18.8. The molecule has 2 heterocycles. The average molecular weight is 386 g/mol. The first-order valence-electron chi connectivity index (χ1n) is 8.76. The van der Waals surface area contributed by atoms with E-state index in [1.165, 1.54) is 15.9 Å². The molecule has 1 aromatic heterocycles. The van der Waals surface area contributed by atoms with Gasteiger partial charge >= 0.3 is 0 Å². The highest BCUT2D eigenvalue weighted by Crippen LogP contribution is 2.30. The van der Waals surface area contributed by atoms with Crippen LogP contribution in [0.2, 0.25) is 0 Å². The molecule has 0 spiro atoms. The van der Waals surface area contributed by atoms with Gasteiger partial charge in [-0.25, -0.2) is 4.68 Å². The topological polar surface area (TPSA) is 110 Å². The fraction of sp³-hybridized carbons (Fsp3) is 0.412. The molecule has 3 amide bonds. The van der Waals surface area contributed by atoms with Crippen LogP contribution < -0.4 is 5.32 Å². The van der Waals surface area contributed by atoms with Gasteiger partial charge in [0.25, 0.3) is 11.1 Å². The number of tetrazole rings is 1. The van der Waals surface area contributed by atoms with Crippen LogP contribution in [0.1, 0.15) is 36.0 Å². The van der Waals surface area contributed by atoms with Crippen molar-refractivity contribution in [3.05, 3.63) is 36.2 Å². The van der Waals surface area contributed by atoms with Gasteiger partial charge in [0.2, 0.25) is 5.91 Å². The van der Waals surface area contributed by atoms with Gasteiger partial charge in [0.05, 0.1) is 23.5 Å². The van der Waals surface area contributed by atoms with E-state index in [1.54, 1.807) is 24.3 Å². The molecular weight excluding hydrogens is 368 g/mol. The van der Waals surface area contributed by atoms with E-state index in [4.69, 9.17) is 0 Å². The third-order valence-electron chi connectivity index (χ3n) is 4.88. The highest BCUT2D eigenvalue weighted by atomic mass is 32.2. The van der Waals surface area contributed by atoms with Crippen LogP contribution in [0.5, 0.6) is 0 Å². The molecule has 140 valence electrons. The molecule has 1 aromatic carbocycles. The van der Waals surface area contributed by atoms with E-state index in [2.05, 4.69) is 20.8 Å². The first-order chi connectivity index (χ1) is 13.1. The van der Waals surface area contributed by atoms with Gasteiger partial charge < -0.3 is 5.32 Å². The van der Waals surface area contributed by atoms with E-state index in [0.717, 1.165) is 31.0 Å². The Bertz CT molecular complexity index is 855. The largest absolute Gasteiger partial charge is 0.347 e. The van der Waals surface area contributed by atoms with Gasteiger partial charge in [0, 0.05) is 5.56 Å². The number of benzene rings is 1. The highest BCUT2D eigenvalue weighted by molar-refractivity contribution is 8.14. The summed E-state index contributed by atoms with van der Waals surface area (Å²) in [5.74, 6) is -0.227. The van der Waals surface area contributed by atoms with E-state index in [0.29, 0.717) is 17.7 Å². The lowest BCUT2D eigenvalue weighted by Gasteiger charge is -2.36. The van der Waals surface area contributed by atoms with Crippen molar-refractivity contribution in [3.8, 4) is 5.69 Å². The summed E-state index contributed by atoms with van der Waals surface area (Å²) < 4.78 is 1.47. The molecule has 0 radical (unpaired) electrons. The molecular formula is C17H18N6O3S. The minimum Gasteiger partial charge on any atom is -0.347 e. The van der Waals surface area contributed by atoms with Crippen molar-refractivity contribution in [3.63, 3.8) is 0 Å². The summed E-state index contributed by atoms with van der Waals surface area (Å²) in [7, 11) is 0. The molecule has 9 nitrogen and oxygen atoms in total. The Balaban J connectivity index is 1.52. The van der Waals surface area contributed by atoms with Crippen molar-refractivity contribution in [2.45, 2.75) is 37.8 Å². The number of amides is 3. The molecule has 0 bridgehead atoms. The van der Waals surface area contributed by atoms with Gasteiger partial charge in [0.15, 0.2) is 0 Å². The maximum absolute atomic E-state index is 12.8. The SMILES string of the molecule is O=C(N[C@@H]1CCCC[C@H]1N1C(=O)CSC1=O)c1cccc(-n2cnnn2)c1. The molecule has 0 unspecified atom stereocenters. The van der Waals surface area contributed by atoms with Gasteiger partial charge in [-0.3, -0.25) is 19.3 Å². The summed E-state index contributed by atoms with van der Waals surface area (Å²) >= 11 is 1.03. The first kappa shape index (κ1) is 17.7. The second kappa shape index (κ2) is 7.47. The number of carbonyl (C=O) groups excluding carboxylic acids is 3. The van der Waals surface area contributed by atoms with Gasteiger partial charge in [0.1, 0.15) is 6.33 Å². The molecule has 10 heteroatoms. The maximum atomic E-state index is 12.8. The second-order valence-corrected chi connectivity index (χ2v) is 7.48. The van der Waals surface area contributed by atoms with Crippen LogP contribution in [-0.2, 0) is 4.79 Å². The molecule has 1 saturated heterocycles. The first-order valence-corrected chi connectivity index (χ1v) is 9.75. The number of nitrogens with one attached hydrogen (secondary N) is 1. The Kier molecular flexibility index (Phi) is 4.88. The third-order valence-corrected chi connectivity index (χ3v) is 5.72. The molecule has 27 heavy (non-hydrogen) atoms. The van der Waals surface area contributed by atoms with Crippen LogP contribution in [0.4, 0.5) is 4.79 Å². The van der Waals surface area contributed by atoms with E-state index >= 15 is 0 Å². The summed E-state index contributed by atoms with van der Waals surface area (Å²) in [4.78, 5) is 38.3. The summed E-state index contributed by atoms with van der Waals surface area (Å²) in [6.45, 7) is 0. The standard InChI is InChI=1S/C17H18N6O3S/c24-15-9-27-17(26)23(15)14-7-2-1-6-13(14)19-16(25)11-4-3-5-12(8-11)22-10-18-20-21-22/h3-5,8,10,13-14H,1-2,6-7,9H2,(H,19,25)/t13-,14-/m1/s1. The Hall–Kier alpha value is -2.75. The molecule has 2 aliphatic rings. The normalized spacial score (nSPS) is 22.9. The van der Waals surface area contributed by atoms with E-state index in [1.807, 2.05) is 0 Å². The van der Waals surface area contributed by atoms with Crippen molar-refractivity contribution in [2.24, 2.45) is 0 Å². The van der Waals surface area contributed by atoms with Gasteiger partial charge in [-0.15, -0.1) is 5.10 Å². The number of hydrogen-bond donors (Lipinski definition) is 1. The predicted molar refractivity (Wildman–Crippen MR) is 97.4 cm³/mol.